The van der Waals surface area contributed by atoms with Gasteiger partial charge in [-0.1, -0.05) is 0 Å². The molecule has 184 valence electrons. The van der Waals surface area contributed by atoms with Gasteiger partial charge in [-0.25, -0.2) is 0 Å². The van der Waals surface area contributed by atoms with Gasteiger partial charge in [0.05, 0.1) is 0 Å². The molecule has 0 N–H and O–H groups in total. The van der Waals surface area contributed by atoms with Crippen molar-refractivity contribution in [2.75, 3.05) is 4.60 Å². The predicted molar refractivity (Wildman–Crippen MR) is 144 cm³/mol. The first-order valence-corrected chi connectivity index (χ1v) is 21.1. The van der Waals surface area contributed by atoms with E-state index in [4.69, 9.17) is 4.74 Å². The van der Waals surface area contributed by atoms with Crippen LogP contribution < -0.4 is 0 Å². The van der Waals surface area contributed by atoms with Gasteiger partial charge in [0.1, 0.15) is 0 Å². The Morgan fingerprint density at radius 2 is 1.22 bits per heavy atom. The van der Waals surface area contributed by atoms with Crippen LogP contribution in [-0.4, -0.2) is 28.9 Å². The Morgan fingerprint density at radius 1 is 0.812 bits per heavy atom. The first kappa shape index (κ1) is 27.7. The number of ether oxygens (including phenoxy) is 1. The van der Waals surface area contributed by atoms with Crippen molar-refractivity contribution in [3.63, 3.8) is 0 Å². The van der Waals surface area contributed by atoms with Crippen LogP contribution in [0.25, 0.3) is 0 Å². The fourth-order valence-corrected chi connectivity index (χ4v) is 17.8. The minimum absolute atomic E-state index is 0.237. The van der Waals surface area contributed by atoms with E-state index in [2.05, 4.69) is 74.4 Å². The summed E-state index contributed by atoms with van der Waals surface area (Å²) >= 11 is -2.98. The van der Waals surface area contributed by atoms with Crippen molar-refractivity contribution in [2.24, 2.45) is 0 Å². The van der Waals surface area contributed by atoms with Crippen molar-refractivity contribution in [2.45, 2.75) is 132 Å². The van der Waals surface area contributed by atoms with Crippen molar-refractivity contribution >= 4 is 24.3 Å². The fraction of sp³-hybridized carbons (Fsp3) is 0.759. The number of hydrogen-bond donors (Lipinski definition) is 0. The molecule has 0 unspecified atom stereocenters. The van der Waals surface area contributed by atoms with Crippen molar-refractivity contribution < 1.29 is 10.9 Å². The molecule has 0 saturated carbocycles. The van der Waals surface area contributed by atoms with Gasteiger partial charge in [0.15, 0.2) is 0 Å². The van der Waals surface area contributed by atoms with Gasteiger partial charge in [-0.2, -0.15) is 0 Å². The molecule has 0 aliphatic rings. The van der Waals surface area contributed by atoms with Gasteiger partial charge in [0, 0.05) is 0 Å². The summed E-state index contributed by atoms with van der Waals surface area (Å²) in [6, 6.07) is 4.41. The molecule has 3 heteroatoms. The molecule has 0 aliphatic carbocycles. The number of rotatable bonds is 15. The van der Waals surface area contributed by atoms with E-state index in [9.17, 15) is 6.17 Å². The third-order valence-electron chi connectivity index (χ3n) is 6.84. The van der Waals surface area contributed by atoms with Crippen LogP contribution in [0.3, 0.4) is 0 Å². The predicted octanol–water partition coefficient (Wildman–Crippen LogP) is 9.60. The third-order valence-corrected chi connectivity index (χ3v) is 20.2. The zero-order valence-corrected chi connectivity index (χ0v) is 25.5. The summed E-state index contributed by atoms with van der Waals surface area (Å²) in [5, 5.41) is 0. The summed E-state index contributed by atoms with van der Waals surface area (Å²) in [7, 11) is 0. The molecule has 0 aromatic heterocycles. The summed E-state index contributed by atoms with van der Waals surface area (Å²) in [6.07, 6.45) is 6.99. The van der Waals surface area contributed by atoms with Crippen LogP contribution >= 0.6 is 0 Å². The van der Waals surface area contributed by atoms with E-state index >= 15 is 0 Å². The fourth-order valence-electron chi connectivity index (χ4n) is 4.57. The molecule has 0 saturated heterocycles. The number of benzene rings is 1. The van der Waals surface area contributed by atoms with E-state index in [0.29, 0.717) is 5.92 Å². The van der Waals surface area contributed by atoms with E-state index in [1.165, 1.54) is 38.1 Å². The summed E-state index contributed by atoms with van der Waals surface area (Å²) in [4.78, 5) is 13.7. The maximum atomic E-state index is 13.7. The van der Waals surface area contributed by atoms with E-state index in [0.717, 1.165) is 36.0 Å². The summed E-state index contributed by atoms with van der Waals surface area (Å²) in [5.74, 6) is 0.640. The van der Waals surface area contributed by atoms with E-state index < -0.39 is 23.0 Å². The molecule has 1 aromatic rings. The quantitative estimate of drug-likeness (QED) is 0.160. The normalized spacial score (nSPS) is 13.7. The molecule has 0 amide bonds. The molecule has 0 fully saturated rings. The van der Waals surface area contributed by atoms with Gasteiger partial charge in [-0.15, -0.1) is 0 Å². The SMILES string of the molecule is [2H][C@@H](OC(=O)c1c(C(C)C)cc(C(C)C)cc1C(C)C)[Sn]([CH2]CCC)([CH2]CCC)[CH2]CCC. The van der Waals surface area contributed by atoms with Crippen LogP contribution in [0.4, 0.5) is 0 Å². The van der Waals surface area contributed by atoms with Crippen LogP contribution in [0.1, 0.15) is 147 Å². The molecule has 1 aromatic carbocycles. The molecule has 1 atom stereocenters. The second-order valence-electron chi connectivity index (χ2n) is 10.7. The number of carbonyl (C=O) groups is 1. The Balaban J connectivity index is 3.44. The van der Waals surface area contributed by atoms with Gasteiger partial charge >= 0.3 is 206 Å². The molecule has 2 nitrogen and oxygen atoms in total. The average molecular weight is 552 g/mol. The van der Waals surface area contributed by atoms with E-state index in [1.54, 1.807) is 0 Å². The Morgan fingerprint density at radius 3 is 1.53 bits per heavy atom. The summed E-state index contributed by atoms with van der Waals surface area (Å²) < 4.78 is 18.3. The van der Waals surface area contributed by atoms with Crippen molar-refractivity contribution in [3.05, 3.63) is 34.4 Å². The van der Waals surface area contributed by atoms with Gasteiger partial charge in [-0.3, -0.25) is 0 Å². The maximum absolute atomic E-state index is 13.7. The zero-order chi connectivity index (χ0) is 25.2. The summed E-state index contributed by atoms with van der Waals surface area (Å²) in [5.41, 5.74) is 4.18. The second-order valence-corrected chi connectivity index (χ2v) is 23.5. The van der Waals surface area contributed by atoms with Crippen LogP contribution in [0.2, 0.25) is 13.3 Å². The summed E-state index contributed by atoms with van der Waals surface area (Å²) in [6.45, 7) is 19.8. The molecule has 0 heterocycles. The van der Waals surface area contributed by atoms with Gasteiger partial charge in [0.25, 0.3) is 0 Å². The zero-order valence-electron chi connectivity index (χ0n) is 23.6. The number of carbonyl (C=O) groups excluding carboxylic acids is 1. The molecule has 1 rings (SSSR count). The molecular weight excluding hydrogens is 499 g/mol. The molecule has 32 heavy (non-hydrogen) atoms. The van der Waals surface area contributed by atoms with Crippen molar-refractivity contribution in [1.82, 2.24) is 0 Å². The topological polar surface area (TPSA) is 26.3 Å². The van der Waals surface area contributed by atoms with Gasteiger partial charge < -0.3 is 0 Å². The first-order valence-electron chi connectivity index (χ1n) is 13.9. The van der Waals surface area contributed by atoms with Crippen LogP contribution in [0, 0.1) is 0 Å². The Hall–Kier alpha value is -0.511. The molecule has 0 aliphatic heterocycles. The van der Waals surface area contributed by atoms with Gasteiger partial charge in [-0.05, 0) is 0 Å². The Bertz CT molecular complexity index is 676. The van der Waals surface area contributed by atoms with Gasteiger partial charge in [0.2, 0.25) is 0 Å². The molecule has 0 radical (unpaired) electrons. The number of hydrogen-bond acceptors (Lipinski definition) is 2. The molecular formula is C29H52O2Sn. The van der Waals surface area contributed by atoms with E-state index in [-0.39, 0.29) is 17.8 Å². The number of esters is 1. The number of unbranched alkanes of at least 4 members (excludes halogenated alkanes) is 3. The van der Waals surface area contributed by atoms with E-state index in [1.807, 2.05) is 0 Å². The van der Waals surface area contributed by atoms with Crippen molar-refractivity contribution in [1.29, 1.82) is 0 Å². The molecule has 0 spiro atoms. The van der Waals surface area contributed by atoms with Crippen LogP contribution in [0.5, 0.6) is 0 Å². The monoisotopic (exact) mass is 553 g/mol. The molecule has 0 bridgehead atoms. The average Bonchev–Trinajstić information content (AvgIpc) is 2.77. The third kappa shape index (κ3) is 8.69. The second kappa shape index (κ2) is 14.7. The van der Waals surface area contributed by atoms with Crippen LogP contribution in [-0.2, 0) is 4.74 Å². The first-order chi connectivity index (χ1) is 15.5. The Kier molecular flexibility index (Phi) is 12.7. The van der Waals surface area contributed by atoms with Crippen molar-refractivity contribution in [3.8, 4) is 0 Å². The minimum atomic E-state index is -2.98. The Labute approximate surface area is 205 Å². The standard InChI is InChI=1S/C17H25O2.3C4H9.Sn/c1-10(2)13-8-14(11(3)4)16(17(18)19-7)15(9-13)12(5)6;3*1-3-4-2;/h8-12H,7H2,1-6H3;3*1,3-4H2,2H3;/i7D;;;;. The van der Waals surface area contributed by atoms with Crippen LogP contribution in [0.15, 0.2) is 12.1 Å².